The van der Waals surface area contributed by atoms with Crippen LogP contribution in [-0.4, -0.2) is 93.1 Å². The number of ether oxygens (including phenoxy) is 2. The van der Waals surface area contributed by atoms with E-state index in [4.69, 9.17) is 19.4 Å². The second-order valence-electron chi connectivity index (χ2n) is 17.8. The lowest BCUT2D eigenvalue weighted by Gasteiger charge is -2.34. The summed E-state index contributed by atoms with van der Waals surface area (Å²) >= 11 is 0. The highest BCUT2D eigenvalue weighted by atomic mass is 16.5. The van der Waals surface area contributed by atoms with Crippen molar-refractivity contribution in [1.82, 2.24) is 40.4 Å². The third-order valence-electron chi connectivity index (χ3n) is 13.9. The number of amides is 4. The third-order valence-corrected chi connectivity index (χ3v) is 13.9. The Labute approximate surface area is 369 Å². The van der Waals surface area contributed by atoms with Gasteiger partial charge in [0.2, 0.25) is 11.8 Å². The number of methoxy groups -OCH3 is 2. The molecule has 4 aromatic rings. The highest BCUT2D eigenvalue weighted by Gasteiger charge is 2.41. The Hall–Kier alpha value is -5.92. The molecule has 4 N–H and O–H groups in total. The quantitative estimate of drug-likeness (QED) is 0.102. The molecule has 2 aliphatic carbocycles. The average molecular weight is 859 g/mol. The van der Waals surface area contributed by atoms with Crippen molar-refractivity contribution in [1.29, 1.82) is 0 Å². The Morgan fingerprint density at radius 2 is 1.29 bits per heavy atom. The maximum atomic E-state index is 14.1. The van der Waals surface area contributed by atoms with E-state index in [0.29, 0.717) is 13.1 Å². The number of H-pyrrole nitrogens is 2. The fourth-order valence-corrected chi connectivity index (χ4v) is 10.5. The molecular formula is C49H62N8O6. The normalized spacial score (nSPS) is 21.0. The number of aryl methyl sites for hydroxylation is 1. The molecule has 2 aromatic heterocycles. The van der Waals surface area contributed by atoms with Crippen LogP contribution in [-0.2, 0) is 19.1 Å². The summed E-state index contributed by atoms with van der Waals surface area (Å²) in [4.78, 5) is 73.5. The van der Waals surface area contributed by atoms with E-state index in [9.17, 15) is 19.2 Å². The second-order valence-corrected chi connectivity index (χ2v) is 17.8. The first-order valence-corrected chi connectivity index (χ1v) is 23.0. The Bertz CT molecular complexity index is 2340. The number of nitrogens with zero attached hydrogens (tertiary/aromatic N) is 4. The molecular weight excluding hydrogens is 797 g/mol. The minimum absolute atomic E-state index is 0.0633. The Balaban J connectivity index is 0.972. The van der Waals surface area contributed by atoms with Crippen LogP contribution < -0.4 is 10.6 Å². The van der Waals surface area contributed by atoms with Gasteiger partial charge < -0.3 is 39.9 Å². The molecule has 0 spiro atoms. The number of imidazole rings is 2. The molecule has 4 unspecified atom stereocenters. The van der Waals surface area contributed by atoms with Gasteiger partial charge in [-0.15, -0.1) is 0 Å². The first-order valence-electron chi connectivity index (χ1n) is 23.0. The van der Waals surface area contributed by atoms with Crippen molar-refractivity contribution in [3.63, 3.8) is 0 Å². The van der Waals surface area contributed by atoms with E-state index < -0.39 is 24.3 Å². The number of carbonyl (C=O) groups is 4. The van der Waals surface area contributed by atoms with Gasteiger partial charge in [-0.25, -0.2) is 19.6 Å². The van der Waals surface area contributed by atoms with E-state index in [1.165, 1.54) is 14.2 Å². The van der Waals surface area contributed by atoms with Crippen LogP contribution in [0.2, 0.25) is 0 Å². The van der Waals surface area contributed by atoms with Crippen molar-refractivity contribution in [2.24, 2.45) is 11.8 Å². The van der Waals surface area contributed by atoms with Gasteiger partial charge in [-0.05, 0) is 110 Å². The molecule has 14 heteroatoms. The molecule has 4 aliphatic rings. The Morgan fingerprint density at radius 3 is 1.86 bits per heavy atom. The third kappa shape index (κ3) is 9.55. The number of aromatic nitrogens is 4. The molecule has 2 aliphatic heterocycles. The van der Waals surface area contributed by atoms with Gasteiger partial charge in [0.1, 0.15) is 23.7 Å². The lowest BCUT2D eigenvalue weighted by molar-refractivity contribution is -0.137. The van der Waals surface area contributed by atoms with Gasteiger partial charge in [-0.2, -0.15) is 0 Å². The van der Waals surface area contributed by atoms with E-state index in [1.807, 2.05) is 35.1 Å². The topological polar surface area (TPSA) is 175 Å². The minimum Gasteiger partial charge on any atom is -0.453 e. The number of likely N-dealkylation sites (tertiary alicyclic amines) is 2. The van der Waals surface area contributed by atoms with Crippen LogP contribution in [0, 0.1) is 18.8 Å². The molecule has 334 valence electrons. The van der Waals surface area contributed by atoms with Crippen molar-refractivity contribution < 1.29 is 28.7 Å². The molecule has 2 aromatic carbocycles. The van der Waals surface area contributed by atoms with E-state index >= 15 is 0 Å². The highest BCUT2D eigenvalue weighted by molar-refractivity contribution is 5.94. The number of aromatic amines is 2. The highest BCUT2D eigenvalue weighted by Crippen LogP contribution is 2.37. The van der Waals surface area contributed by atoms with Crippen LogP contribution in [0.15, 0.2) is 55.3 Å². The van der Waals surface area contributed by atoms with Crippen LogP contribution in [0.1, 0.15) is 131 Å². The van der Waals surface area contributed by atoms with Crippen molar-refractivity contribution in [3.05, 3.63) is 83.9 Å². The van der Waals surface area contributed by atoms with Gasteiger partial charge in [-0.3, -0.25) is 9.59 Å². The molecule has 63 heavy (non-hydrogen) atoms. The number of benzene rings is 2. The van der Waals surface area contributed by atoms with Crippen LogP contribution in [0.4, 0.5) is 9.59 Å². The summed E-state index contributed by atoms with van der Waals surface area (Å²) in [5.41, 5.74) is 5.46. The zero-order chi connectivity index (χ0) is 44.0. The van der Waals surface area contributed by atoms with Crippen LogP contribution in [0.25, 0.3) is 33.7 Å². The number of hydrogen-bond acceptors (Lipinski definition) is 8. The Kier molecular flexibility index (Phi) is 13.6. The monoisotopic (exact) mass is 858 g/mol. The SMILES string of the molecule is C=C/C(=C\c1nc(C2CCCN2C(=O)C(NC(=O)OC)C2CCCCC2)[nH]c1C)c1ccc2cc(-c3cnc(C4CCCN4C(=O)C(NC(=O)OC)C4CCCCC4)[nH]3)ccc2c1. The number of allylic oxidation sites excluding steroid dienone is 2. The molecule has 2 saturated heterocycles. The van der Waals surface area contributed by atoms with Crippen LogP contribution in [0.3, 0.4) is 0 Å². The van der Waals surface area contributed by atoms with Crippen LogP contribution >= 0.6 is 0 Å². The van der Waals surface area contributed by atoms with Gasteiger partial charge >= 0.3 is 12.2 Å². The van der Waals surface area contributed by atoms with Gasteiger partial charge in [0.05, 0.1) is 43.9 Å². The average Bonchev–Trinajstić information content (AvgIpc) is 4.16. The lowest BCUT2D eigenvalue weighted by Crippen LogP contribution is -2.52. The van der Waals surface area contributed by atoms with Crippen molar-refractivity contribution in [2.75, 3.05) is 27.3 Å². The number of carbonyl (C=O) groups excluding carboxylic acids is 4. The zero-order valence-electron chi connectivity index (χ0n) is 36.9. The van der Waals surface area contributed by atoms with Crippen LogP contribution in [0.5, 0.6) is 0 Å². The molecule has 8 rings (SSSR count). The minimum atomic E-state index is -0.620. The molecule has 14 nitrogen and oxygen atoms in total. The molecule has 4 atom stereocenters. The standard InChI is InChI=1S/C49H62N8O6/c1-5-31(28-38-30(2)51-45(52-38)41-19-13-25-57(41)47(59)43(55-49(61)63-4)33-16-10-7-11-17-33)34-20-21-36-27-37(23-22-35(36)26-34)39-29-50-44(53-39)40-18-12-24-56(40)46(58)42(54-48(60)62-3)32-14-8-6-9-15-32/h5,20-23,26-29,32-33,40-43H,1,6-19,24-25H2,2-4H3,(H,50,53)(H,51,52)(H,54,60)(H,55,61)/b31-28+. The maximum absolute atomic E-state index is 14.1. The summed E-state index contributed by atoms with van der Waals surface area (Å²) in [6.45, 7) is 7.37. The molecule has 2 saturated carbocycles. The summed E-state index contributed by atoms with van der Waals surface area (Å²) in [7, 11) is 2.67. The van der Waals surface area contributed by atoms with E-state index in [1.54, 1.807) is 0 Å². The van der Waals surface area contributed by atoms with Crippen molar-refractivity contribution >= 4 is 46.4 Å². The number of fused-ring (bicyclic) bond motifs is 1. The first-order chi connectivity index (χ1) is 30.6. The molecule has 4 amide bonds. The summed E-state index contributed by atoms with van der Waals surface area (Å²) in [5, 5.41) is 7.88. The first kappa shape index (κ1) is 43.7. The predicted octanol–water partition coefficient (Wildman–Crippen LogP) is 8.92. The molecule has 0 radical (unpaired) electrons. The summed E-state index contributed by atoms with van der Waals surface area (Å²) < 4.78 is 9.84. The second kappa shape index (κ2) is 19.6. The molecule has 4 heterocycles. The molecule has 4 fully saturated rings. The van der Waals surface area contributed by atoms with E-state index in [0.717, 1.165) is 146 Å². The number of hydrogen-bond donors (Lipinski definition) is 4. The molecule has 0 bridgehead atoms. The number of rotatable bonds is 12. The van der Waals surface area contributed by atoms with Gasteiger partial charge in [-0.1, -0.05) is 75.4 Å². The van der Waals surface area contributed by atoms with Gasteiger partial charge in [0.15, 0.2) is 0 Å². The van der Waals surface area contributed by atoms with Crippen molar-refractivity contribution in [3.8, 4) is 11.3 Å². The summed E-state index contributed by atoms with van der Waals surface area (Å²) in [6, 6.07) is 11.0. The van der Waals surface area contributed by atoms with Crippen molar-refractivity contribution in [2.45, 2.75) is 121 Å². The van der Waals surface area contributed by atoms with E-state index in [2.05, 4.69) is 63.6 Å². The lowest BCUT2D eigenvalue weighted by atomic mass is 9.83. The predicted molar refractivity (Wildman–Crippen MR) is 242 cm³/mol. The Morgan fingerprint density at radius 1 is 0.730 bits per heavy atom. The summed E-state index contributed by atoms with van der Waals surface area (Å²) in [5.74, 6) is 1.53. The zero-order valence-corrected chi connectivity index (χ0v) is 36.9. The fourth-order valence-electron chi connectivity index (χ4n) is 10.5. The smallest absolute Gasteiger partial charge is 0.407 e. The van der Waals surface area contributed by atoms with Gasteiger partial charge in [0, 0.05) is 24.3 Å². The summed E-state index contributed by atoms with van der Waals surface area (Å²) in [6.07, 6.45) is 18.0. The largest absolute Gasteiger partial charge is 0.453 e. The van der Waals surface area contributed by atoms with Gasteiger partial charge in [0.25, 0.3) is 0 Å². The maximum Gasteiger partial charge on any atom is 0.407 e. The number of alkyl carbamates (subject to hydrolysis) is 2. The number of nitrogens with one attached hydrogen (secondary N) is 4. The van der Waals surface area contributed by atoms with E-state index in [-0.39, 0.29) is 35.7 Å². The fraction of sp³-hybridized carbons (Fsp3) is 0.510.